The lowest BCUT2D eigenvalue weighted by atomic mass is 10.2. The van der Waals surface area contributed by atoms with Crippen LogP contribution in [-0.2, 0) is 0 Å². The Morgan fingerprint density at radius 2 is 1.93 bits per heavy atom. The van der Waals surface area contributed by atoms with Crippen LogP contribution in [0.25, 0.3) is 10.6 Å². The highest BCUT2D eigenvalue weighted by Crippen LogP contribution is 2.34. The van der Waals surface area contributed by atoms with E-state index in [9.17, 15) is 9.18 Å². The Balaban J connectivity index is 1.63. The molecule has 0 saturated heterocycles. The maximum atomic E-state index is 13.1. The van der Waals surface area contributed by atoms with Gasteiger partial charge in [-0.25, -0.2) is 9.37 Å². The summed E-state index contributed by atoms with van der Waals surface area (Å²) in [6.45, 7) is 2.31. The van der Waals surface area contributed by atoms with Crippen LogP contribution in [0.5, 0.6) is 17.2 Å². The van der Waals surface area contributed by atoms with Crippen LogP contribution in [0, 0.1) is 12.7 Å². The fourth-order valence-corrected chi connectivity index (χ4v) is 3.65. The summed E-state index contributed by atoms with van der Waals surface area (Å²) in [6.07, 6.45) is 0. The van der Waals surface area contributed by atoms with E-state index in [1.165, 1.54) is 23.5 Å². The molecule has 29 heavy (non-hydrogen) atoms. The first-order chi connectivity index (χ1) is 14.0. The summed E-state index contributed by atoms with van der Waals surface area (Å²) in [7, 11) is 3.14. The molecule has 152 valence electrons. The Morgan fingerprint density at radius 3 is 2.66 bits per heavy atom. The van der Waals surface area contributed by atoms with Gasteiger partial charge in [0.25, 0.3) is 5.91 Å². The minimum Gasteiger partial charge on any atom is -0.493 e. The van der Waals surface area contributed by atoms with Crippen molar-refractivity contribution in [2.45, 2.75) is 6.92 Å². The largest absolute Gasteiger partial charge is 0.493 e. The van der Waals surface area contributed by atoms with Crippen LogP contribution in [0.2, 0.25) is 0 Å². The number of carbonyl (C=O) groups excluding carboxylic acids is 1. The van der Waals surface area contributed by atoms with Gasteiger partial charge < -0.3 is 19.5 Å². The van der Waals surface area contributed by atoms with Crippen molar-refractivity contribution < 1.29 is 23.4 Å². The average molecular weight is 416 g/mol. The van der Waals surface area contributed by atoms with Gasteiger partial charge in [-0.3, -0.25) is 4.79 Å². The zero-order valence-corrected chi connectivity index (χ0v) is 17.1. The van der Waals surface area contributed by atoms with Gasteiger partial charge in [0.15, 0.2) is 11.5 Å². The normalized spacial score (nSPS) is 10.5. The van der Waals surface area contributed by atoms with Crippen molar-refractivity contribution in [1.29, 1.82) is 0 Å². The maximum Gasteiger partial charge on any atom is 0.263 e. The quantitative estimate of drug-likeness (QED) is 0.561. The smallest absolute Gasteiger partial charge is 0.263 e. The third kappa shape index (κ3) is 5.03. The molecule has 1 amide bonds. The molecule has 3 aromatic rings. The van der Waals surface area contributed by atoms with Crippen molar-refractivity contribution in [1.82, 2.24) is 10.3 Å². The molecule has 2 aromatic carbocycles. The highest BCUT2D eigenvalue weighted by atomic mass is 32.1. The first-order valence-corrected chi connectivity index (χ1v) is 9.70. The molecule has 0 bridgehead atoms. The number of ether oxygens (including phenoxy) is 3. The zero-order valence-electron chi connectivity index (χ0n) is 16.3. The van der Waals surface area contributed by atoms with Crippen molar-refractivity contribution in [2.24, 2.45) is 0 Å². The second-order valence-corrected chi connectivity index (χ2v) is 7.06. The fourth-order valence-electron chi connectivity index (χ4n) is 2.67. The molecule has 1 N–H and O–H groups in total. The molecule has 0 atom stereocenters. The monoisotopic (exact) mass is 416 g/mol. The number of amides is 1. The number of nitrogens with zero attached hydrogens (tertiary/aromatic N) is 1. The van der Waals surface area contributed by atoms with Crippen molar-refractivity contribution >= 4 is 17.2 Å². The van der Waals surface area contributed by atoms with Crippen molar-refractivity contribution in [3.8, 4) is 27.8 Å². The highest BCUT2D eigenvalue weighted by Gasteiger charge is 2.17. The van der Waals surface area contributed by atoms with Crippen LogP contribution in [0.1, 0.15) is 15.4 Å². The number of aromatic nitrogens is 1. The number of hydrogen-bond acceptors (Lipinski definition) is 6. The average Bonchev–Trinajstić information content (AvgIpc) is 3.12. The zero-order chi connectivity index (χ0) is 20.8. The van der Waals surface area contributed by atoms with Crippen LogP contribution in [0.15, 0.2) is 42.5 Å². The number of nitrogens with one attached hydrogen (secondary N) is 1. The highest BCUT2D eigenvalue weighted by molar-refractivity contribution is 7.17. The summed E-state index contributed by atoms with van der Waals surface area (Å²) in [5, 5.41) is 3.51. The Morgan fingerprint density at radius 1 is 1.14 bits per heavy atom. The predicted octanol–water partition coefficient (Wildman–Crippen LogP) is 4.08. The first kappa shape index (κ1) is 20.6. The van der Waals surface area contributed by atoms with E-state index in [1.54, 1.807) is 39.3 Å². The van der Waals surface area contributed by atoms with Crippen molar-refractivity contribution in [3.63, 3.8) is 0 Å². The van der Waals surface area contributed by atoms with E-state index in [4.69, 9.17) is 14.2 Å². The molecule has 0 radical (unpaired) electrons. The minimum absolute atomic E-state index is 0.227. The van der Waals surface area contributed by atoms with Gasteiger partial charge in [0.05, 0.1) is 26.5 Å². The SMILES string of the molecule is COc1ccc(-c2nc(C)c(C(=O)NCCOc3cccc(F)c3)s2)cc1OC. The van der Waals surface area contributed by atoms with E-state index in [-0.39, 0.29) is 18.3 Å². The molecular formula is C21H21FN2O4S. The van der Waals surface area contributed by atoms with E-state index in [1.807, 2.05) is 12.1 Å². The molecule has 0 fully saturated rings. The molecule has 1 heterocycles. The number of methoxy groups -OCH3 is 2. The van der Waals surface area contributed by atoms with Crippen LogP contribution in [0.4, 0.5) is 4.39 Å². The van der Waals surface area contributed by atoms with Gasteiger partial charge in [0, 0.05) is 11.6 Å². The summed E-state index contributed by atoms with van der Waals surface area (Å²) in [5.74, 6) is 1.05. The van der Waals surface area contributed by atoms with Gasteiger partial charge in [0.1, 0.15) is 28.1 Å². The molecule has 0 unspecified atom stereocenters. The number of halogens is 1. The Kier molecular flexibility index (Phi) is 6.66. The van der Waals surface area contributed by atoms with Gasteiger partial charge in [0.2, 0.25) is 0 Å². The summed E-state index contributed by atoms with van der Waals surface area (Å²) in [6, 6.07) is 11.4. The number of thiazole rings is 1. The predicted molar refractivity (Wildman–Crippen MR) is 110 cm³/mol. The summed E-state index contributed by atoms with van der Waals surface area (Å²) < 4.78 is 29.1. The lowest BCUT2D eigenvalue weighted by Gasteiger charge is -2.08. The van der Waals surface area contributed by atoms with Gasteiger partial charge in [-0.2, -0.15) is 0 Å². The van der Waals surface area contributed by atoms with E-state index in [0.717, 1.165) is 5.56 Å². The molecule has 3 rings (SSSR count). The topological polar surface area (TPSA) is 69.7 Å². The van der Waals surface area contributed by atoms with Crippen molar-refractivity contribution in [2.75, 3.05) is 27.4 Å². The molecule has 6 nitrogen and oxygen atoms in total. The van der Waals surface area contributed by atoms with Crippen LogP contribution in [0.3, 0.4) is 0 Å². The van der Waals surface area contributed by atoms with Crippen molar-refractivity contribution in [3.05, 3.63) is 58.9 Å². The Hall–Kier alpha value is -3.13. The molecule has 0 aliphatic heterocycles. The molecule has 0 aliphatic carbocycles. The number of aryl methyl sites for hydroxylation is 1. The van der Waals surface area contributed by atoms with E-state index in [0.29, 0.717) is 39.4 Å². The van der Waals surface area contributed by atoms with Gasteiger partial charge in [-0.1, -0.05) is 6.07 Å². The first-order valence-electron chi connectivity index (χ1n) is 8.88. The molecule has 1 aromatic heterocycles. The molecular weight excluding hydrogens is 395 g/mol. The number of rotatable bonds is 8. The second kappa shape index (κ2) is 9.38. The fraction of sp³-hybridized carbons (Fsp3) is 0.238. The lowest BCUT2D eigenvalue weighted by molar-refractivity contribution is 0.0950. The van der Waals surface area contributed by atoms with E-state index < -0.39 is 0 Å². The third-order valence-electron chi connectivity index (χ3n) is 4.09. The maximum absolute atomic E-state index is 13.1. The second-order valence-electron chi connectivity index (χ2n) is 6.07. The van der Waals surface area contributed by atoms with Crippen LogP contribution < -0.4 is 19.5 Å². The standard InChI is InChI=1S/C21H21FN2O4S/c1-13-19(20(25)23-9-10-28-16-6-4-5-15(22)12-16)29-21(24-13)14-7-8-17(26-2)18(11-14)27-3/h4-8,11-12H,9-10H2,1-3H3,(H,23,25). The minimum atomic E-state index is -0.366. The Labute approximate surface area is 172 Å². The summed E-state index contributed by atoms with van der Waals surface area (Å²) in [4.78, 5) is 17.5. The van der Waals surface area contributed by atoms with Crippen LogP contribution >= 0.6 is 11.3 Å². The molecule has 0 aliphatic rings. The molecule has 0 saturated carbocycles. The Bertz CT molecular complexity index is 1010. The molecule has 8 heteroatoms. The van der Waals surface area contributed by atoms with Gasteiger partial charge in [-0.05, 0) is 37.3 Å². The number of benzene rings is 2. The van der Waals surface area contributed by atoms with Gasteiger partial charge in [-0.15, -0.1) is 11.3 Å². The number of hydrogen-bond donors (Lipinski definition) is 1. The summed E-state index contributed by atoms with van der Waals surface area (Å²) >= 11 is 1.30. The van der Waals surface area contributed by atoms with Crippen LogP contribution in [-0.4, -0.2) is 38.3 Å². The molecule has 0 spiro atoms. The lowest BCUT2D eigenvalue weighted by Crippen LogP contribution is -2.27. The summed E-state index contributed by atoms with van der Waals surface area (Å²) in [5.41, 5.74) is 1.48. The van der Waals surface area contributed by atoms with E-state index in [2.05, 4.69) is 10.3 Å². The third-order valence-corrected chi connectivity index (χ3v) is 5.29. The number of carbonyl (C=O) groups is 1. The van der Waals surface area contributed by atoms with Gasteiger partial charge >= 0.3 is 0 Å². The van der Waals surface area contributed by atoms with E-state index >= 15 is 0 Å².